The summed E-state index contributed by atoms with van der Waals surface area (Å²) in [6.45, 7) is 11.7. The number of cyclic esters (lactones) is 1. The highest BCUT2D eigenvalue weighted by molar-refractivity contribution is 5.91. The van der Waals surface area contributed by atoms with Crippen LogP contribution in [0.25, 0.3) is 16.7 Å². The molecule has 3 aromatic carbocycles. The number of carbonyl (C=O) groups is 2. The number of amides is 1. The van der Waals surface area contributed by atoms with Crippen LogP contribution in [0.2, 0.25) is 0 Å². The summed E-state index contributed by atoms with van der Waals surface area (Å²) in [5.74, 6) is 0.147. The summed E-state index contributed by atoms with van der Waals surface area (Å²) < 4.78 is 97.8. The van der Waals surface area contributed by atoms with E-state index in [1.54, 1.807) is 26.2 Å². The molecule has 0 bridgehead atoms. The number of esters is 1. The summed E-state index contributed by atoms with van der Waals surface area (Å²) in [4.78, 5) is 26.7. The molecule has 3 aromatic rings. The van der Waals surface area contributed by atoms with E-state index in [1.165, 1.54) is 12.0 Å². The lowest BCUT2D eigenvalue weighted by atomic mass is 9.72. The normalized spacial score (nSPS) is 18.9. The Balaban J connectivity index is 0.00000286. The summed E-state index contributed by atoms with van der Waals surface area (Å²) in [6.07, 6.45) is -10.2. The van der Waals surface area contributed by atoms with Gasteiger partial charge in [-0.15, -0.1) is 0 Å². The molecular formula is C39H43F6NO5. The minimum absolute atomic E-state index is 0.0560. The molecular weight excluding hydrogens is 676 g/mol. The van der Waals surface area contributed by atoms with Crippen molar-refractivity contribution >= 4 is 17.6 Å². The van der Waals surface area contributed by atoms with Crippen molar-refractivity contribution in [2.75, 3.05) is 20.8 Å². The molecule has 276 valence electrons. The van der Waals surface area contributed by atoms with Gasteiger partial charge in [0, 0.05) is 12.1 Å². The van der Waals surface area contributed by atoms with Crippen LogP contribution in [-0.4, -0.2) is 43.8 Å². The monoisotopic (exact) mass is 719 g/mol. The molecule has 0 spiro atoms. The van der Waals surface area contributed by atoms with E-state index in [0.717, 1.165) is 39.8 Å². The van der Waals surface area contributed by atoms with Gasteiger partial charge in [0.05, 0.1) is 37.0 Å². The van der Waals surface area contributed by atoms with E-state index in [2.05, 4.69) is 13.8 Å². The zero-order chi connectivity index (χ0) is 38.1. The zero-order valence-electron chi connectivity index (χ0n) is 29.9. The van der Waals surface area contributed by atoms with E-state index in [-0.39, 0.29) is 23.6 Å². The third-order valence-electron chi connectivity index (χ3n) is 9.35. The lowest BCUT2D eigenvalue weighted by molar-refractivity contribution is -0.143. The summed E-state index contributed by atoms with van der Waals surface area (Å²) in [6, 6.07) is 11.4. The Morgan fingerprint density at radius 2 is 1.55 bits per heavy atom. The average Bonchev–Trinajstić information content (AvgIpc) is 3.35. The van der Waals surface area contributed by atoms with Gasteiger partial charge in [-0.25, -0.2) is 9.59 Å². The van der Waals surface area contributed by atoms with Crippen molar-refractivity contribution in [2.45, 2.75) is 85.3 Å². The highest BCUT2D eigenvalue weighted by Crippen LogP contribution is 2.47. The number of methoxy groups -OCH3 is 2. The Labute approximate surface area is 294 Å². The highest BCUT2D eigenvalue weighted by Gasteiger charge is 2.44. The zero-order valence-corrected chi connectivity index (χ0v) is 29.9. The van der Waals surface area contributed by atoms with Gasteiger partial charge in [0.1, 0.15) is 11.9 Å². The minimum atomic E-state index is -5.04. The number of nitrogens with zero attached hydrogens (tertiary/aromatic N) is 1. The first-order valence-corrected chi connectivity index (χ1v) is 16.7. The predicted octanol–water partition coefficient (Wildman–Crippen LogP) is 11.1. The Bertz CT molecular complexity index is 1780. The lowest BCUT2D eigenvalue weighted by Crippen LogP contribution is -2.35. The van der Waals surface area contributed by atoms with Gasteiger partial charge in [0.15, 0.2) is 0 Å². The van der Waals surface area contributed by atoms with Gasteiger partial charge in [0.25, 0.3) is 0 Å². The largest absolute Gasteiger partial charge is 0.496 e. The van der Waals surface area contributed by atoms with Crippen molar-refractivity contribution in [3.05, 3.63) is 93.6 Å². The molecule has 12 heteroatoms. The molecule has 1 fully saturated rings. The fourth-order valence-electron chi connectivity index (χ4n) is 6.74. The first-order valence-electron chi connectivity index (χ1n) is 16.7. The quantitative estimate of drug-likeness (QED) is 0.180. The third-order valence-corrected chi connectivity index (χ3v) is 9.35. The molecule has 5 rings (SSSR count). The molecule has 1 aliphatic heterocycles. The van der Waals surface area contributed by atoms with Crippen LogP contribution in [0.5, 0.6) is 5.75 Å². The molecule has 0 N–H and O–H groups in total. The number of hydrogen-bond donors (Lipinski definition) is 0. The standard InChI is InChI=1S/C37H37F6NO5.C2H6/c1-20-13-23(33(45)48-6)7-9-28(20)22-8-10-31(47-5)30(16-22)29-11-12-35(3,4)18-25(29)19-44-21(2)32(49-34(44)46)24-14-26(36(38,39)40)17-27(15-24)37(41,42)43;1-2/h7-10,13-17,21,32H,11-12,18-19H2,1-6H3;1-2H3/t21-,32?;/m1./s1. The number of alkyl halides is 6. The summed E-state index contributed by atoms with van der Waals surface area (Å²) in [5.41, 5.74) is 2.15. The predicted molar refractivity (Wildman–Crippen MR) is 182 cm³/mol. The Morgan fingerprint density at radius 3 is 2.10 bits per heavy atom. The van der Waals surface area contributed by atoms with Crippen molar-refractivity contribution in [3.63, 3.8) is 0 Å². The van der Waals surface area contributed by atoms with Crippen LogP contribution < -0.4 is 4.74 Å². The fourth-order valence-corrected chi connectivity index (χ4v) is 6.74. The second-order valence-corrected chi connectivity index (χ2v) is 13.4. The van der Waals surface area contributed by atoms with Crippen LogP contribution in [0, 0.1) is 12.3 Å². The summed E-state index contributed by atoms with van der Waals surface area (Å²) >= 11 is 0. The van der Waals surface area contributed by atoms with Crippen molar-refractivity contribution in [3.8, 4) is 16.9 Å². The number of rotatable bonds is 7. The maximum atomic E-state index is 13.6. The van der Waals surface area contributed by atoms with Crippen molar-refractivity contribution in [1.29, 1.82) is 0 Å². The molecule has 1 saturated heterocycles. The van der Waals surface area contributed by atoms with E-state index in [9.17, 15) is 35.9 Å². The van der Waals surface area contributed by atoms with E-state index in [0.29, 0.717) is 36.3 Å². The minimum Gasteiger partial charge on any atom is -0.496 e. The first kappa shape index (κ1) is 39.3. The fraction of sp³-hybridized carbons (Fsp3) is 0.436. The Morgan fingerprint density at radius 1 is 0.922 bits per heavy atom. The van der Waals surface area contributed by atoms with E-state index in [1.807, 2.05) is 45.0 Å². The molecule has 1 amide bonds. The van der Waals surface area contributed by atoms with Gasteiger partial charge < -0.3 is 14.2 Å². The van der Waals surface area contributed by atoms with Crippen molar-refractivity contribution < 1.29 is 50.1 Å². The molecule has 51 heavy (non-hydrogen) atoms. The maximum Gasteiger partial charge on any atom is 0.416 e. The van der Waals surface area contributed by atoms with Gasteiger partial charge in [-0.2, -0.15) is 26.3 Å². The molecule has 2 atom stereocenters. The van der Waals surface area contributed by atoms with Crippen LogP contribution in [0.1, 0.15) is 98.2 Å². The van der Waals surface area contributed by atoms with Gasteiger partial charge >= 0.3 is 24.4 Å². The van der Waals surface area contributed by atoms with E-state index >= 15 is 0 Å². The highest BCUT2D eigenvalue weighted by atomic mass is 19.4. The number of hydrogen-bond acceptors (Lipinski definition) is 5. The summed E-state index contributed by atoms with van der Waals surface area (Å²) in [5, 5.41) is 0. The van der Waals surface area contributed by atoms with Crippen LogP contribution in [0.15, 0.2) is 60.2 Å². The Kier molecular flexibility index (Phi) is 11.6. The molecule has 1 aliphatic carbocycles. The maximum absolute atomic E-state index is 13.6. The molecule has 2 aliphatic rings. The average molecular weight is 720 g/mol. The number of ether oxygens (including phenoxy) is 3. The van der Waals surface area contributed by atoms with Crippen LogP contribution in [-0.2, 0) is 21.8 Å². The molecule has 6 nitrogen and oxygen atoms in total. The van der Waals surface area contributed by atoms with E-state index in [4.69, 9.17) is 14.2 Å². The van der Waals surface area contributed by atoms with Gasteiger partial charge in [-0.05, 0) is 114 Å². The molecule has 1 unspecified atom stereocenters. The SMILES string of the molecule is CC.COC(=O)c1ccc(-c2ccc(OC)c(C3=C(CN4C(=O)OC(c5cc(C(F)(F)F)cc(C(F)(F)F)c5)[C@H]4C)CC(C)(C)CC3)c2)c(C)c1. The number of allylic oxidation sites excluding steroid dienone is 1. The number of halogens is 6. The molecule has 1 heterocycles. The molecule has 0 aromatic heterocycles. The topological polar surface area (TPSA) is 65.1 Å². The third kappa shape index (κ3) is 8.53. The van der Waals surface area contributed by atoms with Crippen LogP contribution >= 0.6 is 0 Å². The van der Waals surface area contributed by atoms with Gasteiger partial charge in [0.2, 0.25) is 0 Å². The van der Waals surface area contributed by atoms with Crippen molar-refractivity contribution in [2.24, 2.45) is 5.41 Å². The Hall–Kier alpha value is -4.48. The second-order valence-electron chi connectivity index (χ2n) is 13.4. The van der Waals surface area contributed by atoms with E-state index < -0.39 is 47.7 Å². The van der Waals surface area contributed by atoms with Crippen LogP contribution in [0.3, 0.4) is 0 Å². The number of benzene rings is 3. The summed E-state index contributed by atoms with van der Waals surface area (Å²) in [7, 11) is 2.87. The van der Waals surface area contributed by atoms with Gasteiger partial charge in [-0.1, -0.05) is 39.8 Å². The molecule has 0 radical (unpaired) electrons. The molecule has 0 saturated carbocycles. The first-order chi connectivity index (χ1) is 23.8. The lowest BCUT2D eigenvalue weighted by Gasteiger charge is -2.36. The van der Waals surface area contributed by atoms with Gasteiger partial charge in [-0.3, -0.25) is 4.90 Å². The number of carbonyl (C=O) groups excluding carboxylic acids is 2. The number of aryl methyl sites for hydroxylation is 1. The second kappa shape index (κ2) is 15.0. The van der Waals surface area contributed by atoms with Crippen molar-refractivity contribution in [1.82, 2.24) is 4.90 Å². The van der Waals surface area contributed by atoms with Crippen LogP contribution in [0.4, 0.5) is 31.1 Å². The smallest absolute Gasteiger partial charge is 0.416 e.